The van der Waals surface area contributed by atoms with Gasteiger partial charge in [0.2, 0.25) is 5.88 Å². The van der Waals surface area contributed by atoms with Gasteiger partial charge in [0.1, 0.15) is 17.3 Å². The predicted octanol–water partition coefficient (Wildman–Crippen LogP) is 2.21. The maximum absolute atomic E-state index is 13.7. The highest BCUT2D eigenvalue weighted by atomic mass is 19.1. The second-order valence-corrected chi connectivity index (χ2v) is 4.64. The van der Waals surface area contributed by atoms with E-state index < -0.39 is 11.7 Å². The summed E-state index contributed by atoms with van der Waals surface area (Å²) in [6.45, 7) is 4.40. The number of hydrogen-bond donors (Lipinski definition) is 2. The number of benzene rings is 1. The van der Waals surface area contributed by atoms with E-state index in [1.807, 2.05) is 6.92 Å². The van der Waals surface area contributed by atoms with Gasteiger partial charge in [0.05, 0.1) is 11.3 Å². The predicted molar refractivity (Wildman–Crippen MR) is 76.7 cm³/mol. The molecule has 0 fully saturated rings. The number of carbonyl (C=O) groups excluding carboxylic acids is 1. The van der Waals surface area contributed by atoms with Gasteiger partial charge in [0, 0.05) is 12.6 Å². The van der Waals surface area contributed by atoms with Gasteiger partial charge < -0.3 is 16.2 Å². The number of amides is 1. The summed E-state index contributed by atoms with van der Waals surface area (Å²) in [5, 5.41) is 4.26. The Balaban J connectivity index is 2.34. The fraction of sp³-hybridized carbons (Fsp3) is 0.286. The largest absolute Gasteiger partial charge is 0.437 e. The van der Waals surface area contributed by atoms with Crippen LogP contribution in [0.3, 0.4) is 0 Å². The Morgan fingerprint density at radius 2 is 2.19 bits per heavy atom. The van der Waals surface area contributed by atoms with Gasteiger partial charge >= 0.3 is 0 Å². The van der Waals surface area contributed by atoms with Crippen LogP contribution in [0.15, 0.2) is 18.2 Å². The van der Waals surface area contributed by atoms with Gasteiger partial charge in [-0.25, -0.2) is 9.07 Å². The molecule has 0 saturated heterocycles. The van der Waals surface area contributed by atoms with E-state index in [-0.39, 0.29) is 11.3 Å². The van der Waals surface area contributed by atoms with Gasteiger partial charge in [-0.2, -0.15) is 5.10 Å². The Kier molecular flexibility index (Phi) is 4.11. The first-order valence-corrected chi connectivity index (χ1v) is 6.54. The van der Waals surface area contributed by atoms with Crippen LogP contribution in [0.25, 0.3) is 0 Å². The summed E-state index contributed by atoms with van der Waals surface area (Å²) in [6.07, 6.45) is 0.853. The van der Waals surface area contributed by atoms with Crippen LogP contribution in [0.5, 0.6) is 11.6 Å². The normalized spacial score (nSPS) is 10.6. The van der Waals surface area contributed by atoms with Crippen molar-refractivity contribution in [3.63, 3.8) is 0 Å². The molecule has 0 bridgehead atoms. The Bertz CT molecular complexity index is 682. The lowest BCUT2D eigenvalue weighted by Crippen LogP contribution is -2.13. The van der Waals surface area contributed by atoms with Crippen LogP contribution < -0.4 is 16.2 Å². The summed E-state index contributed by atoms with van der Waals surface area (Å²) in [5.74, 6) is -0.982. The minimum absolute atomic E-state index is 0.187. The molecule has 4 N–H and O–H groups in total. The number of nitrogens with zero attached hydrogens (tertiary/aromatic N) is 2. The molecule has 1 amide bonds. The zero-order chi connectivity index (χ0) is 15.6. The molecule has 0 aliphatic carbocycles. The summed E-state index contributed by atoms with van der Waals surface area (Å²) in [6, 6.07) is 3.83. The number of nitrogens with two attached hydrogens (primary N) is 2. The zero-order valence-electron chi connectivity index (χ0n) is 11.9. The lowest BCUT2D eigenvalue weighted by molar-refractivity contribution is 0.0996. The molecule has 112 valence electrons. The molecule has 0 aliphatic rings. The Morgan fingerprint density at radius 3 is 2.76 bits per heavy atom. The second-order valence-electron chi connectivity index (χ2n) is 4.64. The van der Waals surface area contributed by atoms with Crippen molar-refractivity contribution in [3.05, 3.63) is 35.3 Å². The van der Waals surface area contributed by atoms with Crippen molar-refractivity contribution < 1.29 is 13.9 Å². The highest BCUT2D eigenvalue weighted by molar-refractivity contribution is 5.93. The number of hydrogen-bond acceptors (Lipinski definition) is 4. The number of primary amides is 1. The monoisotopic (exact) mass is 292 g/mol. The molecule has 0 spiro atoms. The maximum Gasteiger partial charge on any atom is 0.251 e. The van der Waals surface area contributed by atoms with E-state index >= 15 is 0 Å². The Labute approximate surface area is 121 Å². The van der Waals surface area contributed by atoms with Gasteiger partial charge in [-0.3, -0.25) is 4.79 Å². The number of aryl methyl sites for hydroxylation is 2. The molecule has 0 radical (unpaired) electrons. The first-order chi connectivity index (χ1) is 9.93. The van der Waals surface area contributed by atoms with Crippen molar-refractivity contribution in [1.82, 2.24) is 9.78 Å². The van der Waals surface area contributed by atoms with Crippen molar-refractivity contribution in [1.29, 1.82) is 0 Å². The number of rotatable bonds is 5. The highest BCUT2D eigenvalue weighted by Crippen LogP contribution is 2.30. The van der Waals surface area contributed by atoms with Gasteiger partial charge in [0.15, 0.2) is 0 Å². The molecule has 0 unspecified atom stereocenters. The van der Waals surface area contributed by atoms with Gasteiger partial charge in [-0.1, -0.05) is 6.92 Å². The van der Waals surface area contributed by atoms with Gasteiger partial charge in [-0.15, -0.1) is 0 Å². The Morgan fingerprint density at radius 1 is 1.48 bits per heavy atom. The van der Waals surface area contributed by atoms with Crippen molar-refractivity contribution in [2.24, 2.45) is 5.73 Å². The van der Waals surface area contributed by atoms with Crippen LogP contribution in [-0.2, 0) is 6.54 Å². The molecular weight excluding hydrogens is 275 g/mol. The SMILES string of the molecule is CCCn1nc(C)c(N)c1Oc1ccc(C(N)=O)c(F)c1. The third-order valence-corrected chi connectivity index (χ3v) is 2.98. The zero-order valence-corrected chi connectivity index (χ0v) is 11.9. The number of halogens is 1. The number of ether oxygens (including phenoxy) is 1. The molecule has 0 aliphatic heterocycles. The number of nitrogen functional groups attached to an aromatic ring is 1. The van der Waals surface area contributed by atoms with Gasteiger partial charge in [0.25, 0.3) is 5.91 Å². The molecule has 0 saturated carbocycles. The number of anilines is 1. The number of carbonyl (C=O) groups is 1. The van der Waals surface area contributed by atoms with Crippen LogP contribution in [0.4, 0.5) is 10.1 Å². The molecule has 6 nitrogen and oxygen atoms in total. The van der Waals surface area contributed by atoms with E-state index in [0.29, 0.717) is 23.8 Å². The lowest BCUT2D eigenvalue weighted by Gasteiger charge is -2.09. The summed E-state index contributed by atoms with van der Waals surface area (Å²) in [5.41, 5.74) is 11.8. The fourth-order valence-electron chi connectivity index (χ4n) is 1.92. The topological polar surface area (TPSA) is 96.2 Å². The Hall–Kier alpha value is -2.57. The second kappa shape index (κ2) is 5.82. The van der Waals surface area contributed by atoms with Crippen LogP contribution in [0, 0.1) is 12.7 Å². The van der Waals surface area contributed by atoms with Crippen LogP contribution >= 0.6 is 0 Å². The first kappa shape index (κ1) is 14.8. The fourth-order valence-corrected chi connectivity index (χ4v) is 1.92. The maximum atomic E-state index is 13.7. The molecular formula is C14H17FN4O2. The quantitative estimate of drug-likeness (QED) is 0.883. The number of aromatic nitrogens is 2. The average molecular weight is 292 g/mol. The third kappa shape index (κ3) is 2.96. The molecule has 1 aromatic heterocycles. The van der Waals surface area contributed by atoms with Crippen LogP contribution in [0.2, 0.25) is 0 Å². The van der Waals surface area contributed by atoms with E-state index in [9.17, 15) is 9.18 Å². The van der Waals surface area contributed by atoms with E-state index in [2.05, 4.69) is 5.10 Å². The summed E-state index contributed by atoms with van der Waals surface area (Å²) < 4.78 is 21.0. The summed E-state index contributed by atoms with van der Waals surface area (Å²) >= 11 is 0. The first-order valence-electron chi connectivity index (χ1n) is 6.54. The van der Waals surface area contributed by atoms with E-state index in [1.54, 1.807) is 11.6 Å². The smallest absolute Gasteiger partial charge is 0.251 e. The standard InChI is InChI=1S/C14H17FN4O2/c1-3-6-19-14(12(16)8(2)18-19)21-9-4-5-10(13(17)20)11(15)7-9/h4-5,7H,3,6,16H2,1-2H3,(H2,17,20). The average Bonchev–Trinajstić information content (AvgIpc) is 2.67. The molecule has 1 aromatic carbocycles. The van der Waals surface area contributed by atoms with Crippen molar-refractivity contribution in [2.45, 2.75) is 26.8 Å². The molecule has 7 heteroatoms. The summed E-state index contributed by atoms with van der Waals surface area (Å²) in [4.78, 5) is 11.0. The van der Waals surface area contributed by atoms with E-state index in [1.165, 1.54) is 12.1 Å². The van der Waals surface area contributed by atoms with Crippen LogP contribution in [0.1, 0.15) is 29.4 Å². The summed E-state index contributed by atoms with van der Waals surface area (Å²) in [7, 11) is 0. The van der Waals surface area contributed by atoms with Crippen LogP contribution in [-0.4, -0.2) is 15.7 Å². The molecule has 1 heterocycles. The minimum Gasteiger partial charge on any atom is -0.437 e. The van der Waals surface area contributed by atoms with Gasteiger partial charge in [-0.05, 0) is 25.5 Å². The van der Waals surface area contributed by atoms with Crippen molar-refractivity contribution in [3.8, 4) is 11.6 Å². The molecule has 2 aromatic rings. The molecule has 21 heavy (non-hydrogen) atoms. The molecule has 2 rings (SSSR count). The minimum atomic E-state index is -0.828. The van der Waals surface area contributed by atoms with Crippen molar-refractivity contribution in [2.75, 3.05) is 5.73 Å². The third-order valence-electron chi connectivity index (χ3n) is 2.98. The van der Waals surface area contributed by atoms with E-state index in [0.717, 1.165) is 12.5 Å². The molecule has 0 atom stereocenters. The van der Waals surface area contributed by atoms with E-state index in [4.69, 9.17) is 16.2 Å². The lowest BCUT2D eigenvalue weighted by atomic mass is 10.2. The highest BCUT2D eigenvalue weighted by Gasteiger charge is 2.16. The van der Waals surface area contributed by atoms with Crippen molar-refractivity contribution >= 4 is 11.6 Å².